The number of carbonyl (C=O) groups is 1. The molecule has 4 rings (SSSR count). The Hall–Kier alpha value is -3.23. The summed E-state index contributed by atoms with van der Waals surface area (Å²) in [6.07, 6.45) is -2.11. The van der Waals surface area contributed by atoms with Crippen molar-refractivity contribution >= 4 is 17.5 Å². The first-order valence-corrected chi connectivity index (χ1v) is 11.2. The number of rotatable bonds is 4. The van der Waals surface area contributed by atoms with Crippen molar-refractivity contribution in [3.63, 3.8) is 0 Å². The number of likely N-dealkylation sites (tertiary alicyclic amines) is 1. The minimum atomic E-state index is -2.94. The predicted octanol–water partition coefficient (Wildman–Crippen LogP) is 5.71. The lowest BCUT2D eigenvalue weighted by molar-refractivity contribution is -0.0776. The molecular weight excluding hydrogens is 467 g/mol. The summed E-state index contributed by atoms with van der Waals surface area (Å²) < 4.78 is 48.8. The van der Waals surface area contributed by atoms with Gasteiger partial charge in [-0.1, -0.05) is 23.7 Å². The zero-order chi connectivity index (χ0) is 24.7. The first-order chi connectivity index (χ1) is 16.1. The van der Waals surface area contributed by atoms with Crippen LogP contribution >= 0.6 is 11.6 Å². The summed E-state index contributed by atoms with van der Waals surface area (Å²) in [6.45, 7) is 0.586. The van der Waals surface area contributed by atoms with E-state index in [1.165, 1.54) is 24.1 Å². The van der Waals surface area contributed by atoms with Crippen molar-refractivity contribution in [2.45, 2.75) is 43.2 Å². The molecule has 34 heavy (non-hydrogen) atoms. The van der Waals surface area contributed by atoms with Crippen molar-refractivity contribution in [1.82, 2.24) is 4.90 Å². The second-order valence-electron chi connectivity index (χ2n) is 8.76. The van der Waals surface area contributed by atoms with Gasteiger partial charge in [0.2, 0.25) is 5.92 Å². The maximum Gasteiger partial charge on any atom is 0.258 e. The van der Waals surface area contributed by atoms with Crippen molar-refractivity contribution in [1.29, 1.82) is 10.5 Å². The molecule has 5 nitrogen and oxygen atoms in total. The van der Waals surface area contributed by atoms with Gasteiger partial charge in [0.05, 0.1) is 29.9 Å². The van der Waals surface area contributed by atoms with Crippen LogP contribution in [-0.4, -0.2) is 36.9 Å². The number of hydrogen-bond acceptors (Lipinski definition) is 4. The fraction of sp³-hybridized carbons (Fsp3) is 0.400. The topological polar surface area (TPSA) is 77.1 Å². The number of nitriles is 2. The largest absolute Gasteiger partial charge is 0.495 e. The lowest BCUT2D eigenvalue weighted by Gasteiger charge is -2.41. The van der Waals surface area contributed by atoms with E-state index in [9.17, 15) is 18.8 Å². The third-order valence-corrected chi connectivity index (χ3v) is 7.02. The zero-order valence-corrected chi connectivity index (χ0v) is 19.1. The molecule has 1 heterocycles. The van der Waals surface area contributed by atoms with Crippen LogP contribution in [0.2, 0.25) is 5.02 Å². The molecule has 1 amide bonds. The van der Waals surface area contributed by atoms with Crippen molar-refractivity contribution in [3.05, 3.63) is 63.2 Å². The number of hydrogen-bond donors (Lipinski definition) is 0. The standard InChI is InChI=1S/C25H21ClF3N3O2/c1-34-22-16(12-31)3-5-19(24(27)6-8-25(28,29)9-7-24)21(22)23(33)32-13-17(14-32)18-4-2-15(11-30)10-20(18)26/h2-5,10,17H,6-9,13-14H2,1H3. The van der Waals surface area contributed by atoms with Gasteiger partial charge in [-0.25, -0.2) is 13.2 Å². The smallest absolute Gasteiger partial charge is 0.258 e. The molecule has 0 aromatic heterocycles. The predicted molar refractivity (Wildman–Crippen MR) is 119 cm³/mol. The Morgan fingerprint density at radius 1 is 1.09 bits per heavy atom. The minimum absolute atomic E-state index is 0.0243. The maximum atomic E-state index is 16.0. The van der Waals surface area contributed by atoms with E-state index >= 15 is 4.39 Å². The van der Waals surface area contributed by atoms with E-state index in [2.05, 4.69) is 0 Å². The molecule has 9 heteroatoms. The van der Waals surface area contributed by atoms with Gasteiger partial charge in [0.1, 0.15) is 17.5 Å². The number of nitrogens with zero attached hydrogens (tertiary/aromatic N) is 3. The van der Waals surface area contributed by atoms with Crippen LogP contribution in [0, 0.1) is 22.7 Å². The number of halogens is 4. The second-order valence-corrected chi connectivity index (χ2v) is 9.16. The summed E-state index contributed by atoms with van der Waals surface area (Å²) in [6, 6.07) is 11.6. The van der Waals surface area contributed by atoms with E-state index in [0.717, 1.165) is 5.56 Å². The molecule has 0 N–H and O–H groups in total. The van der Waals surface area contributed by atoms with Gasteiger partial charge in [0.15, 0.2) is 0 Å². The normalized spacial score (nSPS) is 19.0. The van der Waals surface area contributed by atoms with Crippen LogP contribution in [-0.2, 0) is 5.67 Å². The molecule has 0 radical (unpaired) electrons. The Morgan fingerprint density at radius 3 is 2.32 bits per heavy atom. The molecule has 1 aliphatic heterocycles. The third-order valence-electron chi connectivity index (χ3n) is 6.69. The number of amides is 1. The highest BCUT2D eigenvalue weighted by Gasteiger charge is 2.48. The van der Waals surface area contributed by atoms with Crippen LogP contribution in [0.5, 0.6) is 5.75 Å². The highest BCUT2D eigenvalue weighted by atomic mass is 35.5. The van der Waals surface area contributed by atoms with Gasteiger partial charge in [-0.2, -0.15) is 10.5 Å². The van der Waals surface area contributed by atoms with E-state index in [0.29, 0.717) is 23.7 Å². The molecule has 2 aromatic rings. The Balaban J connectivity index is 1.65. The molecule has 2 fully saturated rings. The van der Waals surface area contributed by atoms with Gasteiger partial charge in [0.25, 0.3) is 5.91 Å². The summed E-state index contributed by atoms with van der Waals surface area (Å²) in [5, 5.41) is 18.9. The molecule has 1 aliphatic carbocycles. The van der Waals surface area contributed by atoms with Crippen LogP contribution in [0.4, 0.5) is 13.2 Å². The van der Waals surface area contributed by atoms with Crippen molar-refractivity contribution in [2.75, 3.05) is 20.2 Å². The maximum absolute atomic E-state index is 16.0. The molecule has 176 valence electrons. The summed E-state index contributed by atoms with van der Waals surface area (Å²) in [5.74, 6) is -3.61. The van der Waals surface area contributed by atoms with Crippen LogP contribution in [0.3, 0.4) is 0 Å². The quantitative estimate of drug-likeness (QED) is 0.553. The number of methoxy groups -OCH3 is 1. The zero-order valence-electron chi connectivity index (χ0n) is 18.4. The Kier molecular flexibility index (Phi) is 6.22. The Bertz CT molecular complexity index is 1220. The molecule has 0 spiro atoms. The highest BCUT2D eigenvalue weighted by Crippen LogP contribution is 2.49. The lowest BCUT2D eigenvalue weighted by Crippen LogP contribution is -2.49. The number of carbonyl (C=O) groups excluding carboxylic acids is 1. The second kappa shape index (κ2) is 8.85. The van der Waals surface area contributed by atoms with Crippen LogP contribution < -0.4 is 4.74 Å². The number of alkyl halides is 3. The van der Waals surface area contributed by atoms with Gasteiger partial charge >= 0.3 is 0 Å². The molecule has 0 atom stereocenters. The molecular formula is C25H21ClF3N3O2. The fourth-order valence-electron chi connectivity index (χ4n) is 4.68. The van der Waals surface area contributed by atoms with Gasteiger partial charge < -0.3 is 9.64 Å². The van der Waals surface area contributed by atoms with Crippen LogP contribution in [0.15, 0.2) is 30.3 Å². The Morgan fingerprint density at radius 2 is 1.76 bits per heavy atom. The summed E-state index contributed by atoms with van der Waals surface area (Å²) in [7, 11) is 1.28. The fourth-order valence-corrected chi connectivity index (χ4v) is 5.01. The minimum Gasteiger partial charge on any atom is -0.495 e. The SMILES string of the molecule is COc1c(C#N)ccc(C2(F)CCC(F)(F)CC2)c1C(=O)N1CC(c2ccc(C#N)cc2Cl)C1. The summed E-state index contributed by atoms with van der Waals surface area (Å²) in [5.41, 5.74) is -0.975. The van der Waals surface area contributed by atoms with E-state index < -0.39 is 43.2 Å². The van der Waals surface area contributed by atoms with Gasteiger partial charge in [0, 0.05) is 42.4 Å². The molecule has 2 aliphatic rings. The average molecular weight is 488 g/mol. The van der Waals surface area contributed by atoms with E-state index in [1.54, 1.807) is 18.2 Å². The van der Waals surface area contributed by atoms with Crippen molar-refractivity contribution in [2.24, 2.45) is 0 Å². The van der Waals surface area contributed by atoms with E-state index in [1.807, 2.05) is 12.1 Å². The van der Waals surface area contributed by atoms with Crippen molar-refractivity contribution in [3.8, 4) is 17.9 Å². The molecule has 0 bridgehead atoms. The van der Waals surface area contributed by atoms with Crippen LogP contribution in [0.1, 0.15) is 64.2 Å². The first kappa shape index (κ1) is 23.9. The third kappa shape index (κ3) is 4.19. The van der Waals surface area contributed by atoms with Crippen LogP contribution in [0.25, 0.3) is 0 Å². The first-order valence-electron chi connectivity index (χ1n) is 10.8. The Labute approximate surface area is 200 Å². The monoisotopic (exact) mass is 487 g/mol. The van der Waals surface area contributed by atoms with E-state index in [4.69, 9.17) is 21.6 Å². The molecule has 1 saturated heterocycles. The number of ether oxygens (including phenoxy) is 1. The average Bonchev–Trinajstić information content (AvgIpc) is 2.79. The summed E-state index contributed by atoms with van der Waals surface area (Å²) in [4.78, 5) is 15.0. The van der Waals surface area contributed by atoms with Crippen molar-refractivity contribution < 1.29 is 22.7 Å². The molecule has 2 aromatic carbocycles. The molecule has 1 saturated carbocycles. The molecule has 0 unspecified atom stereocenters. The highest BCUT2D eigenvalue weighted by molar-refractivity contribution is 6.31. The van der Waals surface area contributed by atoms with Gasteiger partial charge in [-0.3, -0.25) is 4.79 Å². The lowest BCUT2D eigenvalue weighted by atomic mass is 9.77. The summed E-state index contributed by atoms with van der Waals surface area (Å²) >= 11 is 6.29. The van der Waals surface area contributed by atoms with Gasteiger partial charge in [-0.05, 0) is 36.6 Å². The number of benzene rings is 2. The van der Waals surface area contributed by atoms with Gasteiger partial charge in [-0.15, -0.1) is 0 Å². The van der Waals surface area contributed by atoms with E-state index in [-0.39, 0.29) is 28.4 Å².